The molecule has 1 aromatic carbocycles. The number of piperidine rings is 1. The van der Waals surface area contributed by atoms with E-state index in [2.05, 4.69) is 10.2 Å². The zero-order chi connectivity index (χ0) is 19.4. The van der Waals surface area contributed by atoms with Gasteiger partial charge in [-0.25, -0.2) is 0 Å². The third-order valence-electron chi connectivity index (χ3n) is 5.60. The topological polar surface area (TPSA) is 82.1 Å². The fourth-order valence-electron chi connectivity index (χ4n) is 3.95. The number of likely N-dealkylation sites (N-methyl/N-ethyl adjacent to an activating group) is 1. The number of morpholine rings is 1. The zero-order valence-electron chi connectivity index (χ0n) is 16.1. The monoisotopic (exact) mass is 375 g/mol. The Morgan fingerprint density at radius 1 is 1.30 bits per heavy atom. The number of carbonyl (C=O) groups excluding carboxylic acids is 2. The van der Waals surface area contributed by atoms with Crippen LogP contribution in [0.25, 0.3) is 0 Å². The van der Waals surface area contributed by atoms with E-state index in [0.717, 1.165) is 37.1 Å². The molecule has 0 saturated carbocycles. The van der Waals surface area contributed by atoms with Gasteiger partial charge in [-0.2, -0.15) is 0 Å². The maximum atomic E-state index is 13.0. The van der Waals surface area contributed by atoms with Crippen LogP contribution in [0.2, 0.25) is 0 Å². The summed E-state index contributed by atoms with van der Waals surface area (Å²) in [5.41, 5.74) is 1.97. The van der Waals surface area contributed by atoms with Crippen LogP contribution in [0.4, 0.5) is 0 Å². The minimum absolute atomic E-state index is 0.0775. The molecule has 2 aliphatic heterocycles. The number of hydrogen-bond donors (Lipinski definition) is 2. The SMILES string of the molecule is Cc1ccccc1[C@@H]1[C@@H](C(=O)NC2CCN(CCO)CC2)OCC(=O)N1C. The fraction of sp³-hybridized carbons (Fsp3) is 0.600. The first-order valence-electron chi connectivity index (χ1n) is 9.57. The Kier molecular flexibility index (Phi) is 6.46. The first-order valence-corrected chi connectivity index (χ1v) is 9.57. The van der Waals surface area contributed by atoms with Crippen LogP contribution in [0.15, 0.2) is 24.3 Å². The molecule has 2 saturated heterocycles. The fourth-order valence-corrected chi connectivity index (χ4v) is 3.95. The van der Waals surface area contributed by atoms with Crippen molar-refractivity contribution in [1.29, 1.82) is 0 Å². The van der Waals surface area contributed by atoms with Gasteiger partial charge in [-0.1, -0.05) is 24.3 Å². The van der Waals surface area contributed by atoms with Crippen LogP contribution in [0.1, 0.15) is 30.0 Å². The van der Waals surface area contributed by atoms with Gasteiger partial charge in [-0.15, -0.1) is 0 Å². The molecule has 27 heavy (non-hydrogen) atoms. The smallest absolute Gasteiger partial charge is 0.251 e. The Bertz CT molecular complexity index is 673. The van der Waals surface area contributed by atoms with Crippen molar-refractivity contribution in [2.75, 3.05) is 39.9 Å². The molecule has 148 valence electrons. The van der Waals surface area contributed by atoms with E-state index in [1.54, 1.807) is 11.9 Å². The van der Waals surface area contributed by atoms with Gasteiger partial charge in [0.05, 0.1) is 12.6 Å². The Morgan fingerprint density at radius 3 is 2.67 bits per heavy atom. The van der Waals surface area contributed by atoms with E-state index in [4.69, 9.17) is 9.84 Å². The lowest BCUT2D eigenvalue weighted by Crippen LogP contribution is -2.55. The maximum absolute atomic E-state index is 13.0. The number of aliphatic hydroxyl groups is 1. The molecule has 0 aliphatic carbocycles. The number of nitrogens with zero attached hydrogens (tertiary/aromatic N) is 2. The molecule has 2 atom stereocenters. The number of aliphatic hydroxyl groups excluding tert-OH is 1. The molecule has 0 bridgehead atoms. The number of amides is 2. The Morgan fingerprint density at radius 2 is 2.00 bits per heavy atom. The molecule has 7 heteroatoms. The van der Waals surface area contributed by atoms with E-state index in [0.29, 0.717) is 6.54 Å². The van der Waals surface area contributed by atoms with Crippen molar-refractivity contribution in [3.8, 4) is 0 Å². The number of ether oxygens (including phenoxy) is 1. The standard InChI is InChI=1S/C20H29N3O4/c1-14-5-3-4-6-16(14)18-19(27-13-17(25)22(18)2)20(26)21-15-7-9-23(10-8-15)11-12-24/h3-6,15,18-19,24H,7-13H2,1-2H3,(H,21,26)/t18-,19+/m1/s1. The summed E-state index contributed by atoms with van der Waals surface area (Å²) in [4.78, 5) is 29.0. The van der Waals surface area contributed by atoms with Crippen molar-refractivity contribution >= 4 is 11.8 Å². The molecular weight excluding hydrogens is 346 g/mol. The number of benzene rings is 1. The molecule has 2 fully saturated rings. The molecule has 1 aromatic rings. The summed E-state index contributed by atoms with van der Waals surface area (Å²) in [6.45, 7) is 4.45. The van der Waals surface area contributed by atoms with Gasteiger partial charge in [0.1, 0.15) is 6.61 Å². The summed E-state index contributed by atoms with van der Waals surface area (Å²) in [7, 11) is 1.73. The molecule has 7 nitrogen and oxygen atoms in total. The van der Waals surface area contributed by atoms with Crippen LogP contribution >= 0.6 is 0 Å². The largest absolute Gasteiger partial charge is 0.395 e. The van der Waals surface area contributed by atoms with E-state index in [1.807, 2.05) is 31.2 Å². The summed E-state index contributed by atoms with van der Waals surface area (Å²) in [5.74, 6) is -0.284. The van der Waals surface area contributed by atoms with Crippen LogP contribution < -0.4 is 5.32 Å². The molecule has 2 N–H and O–H groups in total. The second kappa shape index (κ2) is 8.82. The normalized spacial score (nSPS) is 24.9. The van der Waals surface area contributed by atoms with Crippen LogP contribution in [0.3, 0.4) is 0 Å². The first kappa shape index (κ1) is 19.8. The predicted octanol–water partition coefficient (Wildman–Crippen LogP) is 0.466. The van der Waals surface area contributed by atoms with Crippen LogP contribution in [0, 0.1) is 6.92 Å². The molecule has 0 aromatic heterocycles. The second-order valence-electron chi connectivity index (χ2n) is 7.39. The van der Waals surface area contributed by atoms with Crippen molar-refractivity contribution in [3.05, 3.63) is 35.4 Å². The lowest BCUT2D eigenvalue weighted by atomic mass is 9.93. The van der Waals surface area contributed by atoms with Gasteiger partial charge in [0.25, 0.3) is 5.91 Å². The highest BCUT2D eigenvalue weighted by Crippen LogP contribution is 2.31. The van der Waals surface area contributed by atoms with E-state index in [-0.39, 0.29) is 31.1 Å². The minimum Gasteiger partial charge on any atom is -0.395 e. The van der Waals surface area contributed by atoms with Crippen molar-refractivity contribution in [2.24, 2.45) is 0 Å². The number of β-amino-alcohol motifs (C(OH)–C–C–N with tert-alkyl or cyclic N) is 1. The molecular formula is C20H29N3O4. The highest BCUT2D eigenvalue weighted by molar-refractivity contribution is 5.86. The average Bonchev–Trinajstić information content (AvgIpc) is 2.66. The molecule has 0 unspecified atom stereocenters. The van der Waals surface area contributed by atoms with Crippen molar-refractivity contribution in [1.82, 2.24) is 15.1 Å². The lowest BCUT2D eigenvalue weighted by Gasteiger charge is -2.40. The molecule has 3 rings (SSSR count). The van der Waals surface area contributed by atoms with Crippen molar-refractivity contribution in [3.63, 3.8) is 0 Å². The zero-order valence-corrected chi connectivity index (χ0v) is 16.1. The molecule has 0 spiro atoms. The van der Waals surface area contributed by atoms with Crippen molar-refractivity contribution < 1.29 is 19.4 Å². The van der Waals surface area contributed by atoms with Gasteiger partial charge in [0.2, 0.25) is 5.91 Å². The summed E-state index contributed by atoms with van der Waals surface area (Å²) in [6.07, 6.45) is 0.981. The van der Waals surface area contributed by atoms with Gasteiger partial charge in [-0.3, -0.25) is 9.59 Å². The Hall–Kier alpha value is -1.96. The number of aryl methyl sites for hydroxylation is 1. The number of rotatable bonds is 5. The van der Waals surface area contributed by atoms with E-state index in [1.165, 1.54) is 0 Å². The molecule has 0 radical (unpaired) electrons. The van der Waals surface area contributed by atoms with Crippen LogP contribution in [-0.2, 0) is 14.3 Å². The van der Waals surface area contributed by atoms with E-state index >= 15 is 0 Å². The maximum Gasteiger partial charge on any atom is 0.251 e. The summed E-state index contributed by atoms with van der Waals surface area (Å²) < 4.78 is 5.70. The van der Waals surface area contributed by atoms with Gasteiger partial charge in [0, 0.05) is 32.7 Å². The predicted molar refractivity (Wildman–Crippen MR) is 101 cm³/mol. The first-order chi connectivity index (χ1) is 13.0. The average molecular weight is 375 g/mol. The molecule has 2 aliphatic rings. The summed E-state index contributed by atoms with van der Waals surface area (Å²) in [5, 5.41) is 12.2. The second-order valence-corrected chi connectivity index (χ2v) is 7.39. The number of nitrogens with one attached hydrogen (secondary N) is 1. The molecule has 2 amide bonds. The van der Waals surface area contributed by atoms with Gasteiger partial charge >= 0.3 is 0 Å². The van der Waals surface area contributed by atoms with E-state index in [9.17, 15) is 9.59 Å². The van der Waals surface area contributed by atoms with Gasteiger partial charge in [0.15, 0.2) is 6.10 Å². The van der Waals surface area contributed by atoms with Gasteiger partial charge in [-0.05, 0) is 30.9 Å². The third kappa shape index (κ3) is 4.48. The number of hydrogen-bond acceptors (Lipinski definition) is 5. The van der Waals surface area contributed by atoms with Gasteiger partial charge < -0.3 is 25.0 Å². The Balaban J connectivity index is 1.70. The third-order valence-corrected chi connectivity index (χ3v) is 5.60. The molecule has 2 heterocycles. The van der Waals surface area contributed by atoms with Crippen molar-refractivity contribution in [2.45, 2.75) is 38.0 Å². The van der Waals surface area contributed by atoms with Crippen LogP contribution in [-0.4, -0.2) is 78.8 Å². The Labute approximate surface area is 160 Å². The minimum atomic E-state index is -0.718. The lowest BCUT2D eigenvalue weighted by molar-refractivity contribution is -0.162. The summed E-state index contributed by atoms with van der Waals surface area (Å²) in [6, 6.07) is 7.46. The summed E-state index contributed by atoms with van der Waals surface area (Å²) >= 11 is 0. The van der Waals surface area contributed by atoms with E-state index < -0.39 is 12.1 Å². The quantitative estimate of drug-likeness (QED) is 0.782. The highest BCUT2D eigenvalue weighted by atomic mass is 16.5. The highest BCUT2D eigenvalue weighted by Gasteiger charge is 2.41. The van der Waals surface area contributed by atoms with Crippen LogP contribution in [0.5, 0.6) is 0 Å². The number of carbonyl (C=O) groups is 2. The number of likely N-dealkylation sites (tertiary alicyclic amines) is 1.